The highest BCUT2D eigenvalue weighted by Crippen LogP contribution is 2.26. The minimum absolute atomic E-state index is 0.515. The normalized spacial score (nSPS) is 8.79. The third-order valence-corrected chi connectivity index (χ3v) is 1.88. The van der Waals surface area contributed by atoms with E-state index in [0.717, 1.165) is 17.1 Å². The Morgan fingerprint density at radius 2 is 1.79 bits per heavy atom. The second kappa shape index (κ2) is 5.46. The summed E-state index contributed by atoms with van der Waals surface area (Å²) in [5, 5.41) is 0. The van der Waals surface area contributed by atoms with Crippen LogP contribution in [0.5, 0.6) is 11.5 Å². The van der Waals surface area contributed by atoms with Gasteiger partial charge in [0.05, 0.1) is 20.0 Å². The molecule has 0 aliphatic rings. The van der Waals surface area contributed by atoms with Gasteiger partial charge in [-0.1, -0.05) is 17.9 Å². The van der Waals surface area contributed by atoms with Crippen molar-refractivity contribution in [2.45, 2.75) is 0 Å². The maximum atomic E-state index is 5.18. The van der Waals surface area contributed by atoms with Crippen LogP contribution in [0.3, 0.4) is 0 Å². The number of hydrogen-bond acceptors (Lipinski definition) is 3. The third-order valence-electron chi connectivity index (χ3n) is 1.72. The molecule has 2 nitrogen and oxygen atoms in total. The van der Waals surface area contributed by atoms with Gasteiger partial charge in [0.2, 0.25) is 0 Å². The van der Waals surface area contributed by atoms with Crippen molar-refractivity contribution in [3.8, 4) is 23.3 Å². The van der Waals surface area contributed by atoms with Gasteiger partial charge in [-0.2, -0.15) is 12.6 Å². The van der Waals surface area contributed by atoms with Crippen LogP contribution in [-0.4, -0.2) is 20.0 Å². The lowest BCUT2D eigenvalue weighted by atomic mass is 10.2. The standard InChI is InChI=1S/C11H12O2S/c1-12-10-6-3-7-11(13-2)9(10)5-4-8-14/h3,6-7,14H,8H2,1-2H3. The maximum absolute atomic E-state index is 5.18. The van der Waals surface area contributed by atoms with Gasteiger partial charge in [-0.05, 0) is 12.1 Å². The largest absolute Gasteiger partial charge is 0.495 e. The molecule has 14 heavy (non-hydrogen) atoms. The van der Waals surface area contributed by atoms with Gasteiger partial charge >= 0.3 is 0 Å². The summed E-state index contributed by atoms with van der Waals surface area (Å²) in [4.78, 5) is 0. The molecule has 74 valence electrons. The first-order valence-electron chi connectivity index (χ1n) is 4.14. The van der Waals surface area contributed by atoms with E-state index >= 15 is 0 Å². The molecule has 0 aliphatic carbocycles. The van der Waals surface area contributed by atoms with Crippen molar-refractivity contribution in [1.29, 1.82) is 0 Å². The van der Waals surface area contributed by atoms with Gasteiger partial charge in [-0.25, -0.2) is 0 Å². The van der Waals surface area contributed by atoms with Crippen molar-refractivity contribution < 1.29 is 9.47 Å². The number of methoxy groups -OCH3 is 2. The number of thiol groups is 1. The molecule has 0 fully saturated rings. The Labute approximate surface area is 89.6 Å². The molecule has 0 saturated heterocycles. The fourth-order valence-corrected chi connectivity index (χ4v) is 1.18. The van der Waals surface area contributed by atoms with Crippen molar-refractivity contribution in [3.63, 3.8) is 0 Å². The Morgan fingerprint density at radius 1 is 1.21 bits per heavy atom. The minimum Gasteiger partial charge on any atom is -0.495 e. The van der Waals surface area contributed by atoms with Crippen LogP contribution >= 0.6 is 12.6 Å². The molecule has 0 amide bonds. The Hall–Kier alpha value is -1.27. The van der Waals surface area contributed by atoms with Gasteiger partial charge in [0.15, 0.2) is 0 Å². The molecular weight excluding hydrogens is 196 g/mol. The number of hydrogen-bond donors (Lipinski definition) is 1. The van der Waals surface area contributed by atoms with E-state index in [-0.39, 0.29) is 0 Å². The van der Waals surface area contributed by atoms with E-state index in [1.165, 1.54) is 0 Å². The van der Waals surface area contributed by atoms with Crippen molar-refractivity contribution in [3.05, 3.63) is 23.8 Å². The number of rotatable bonds is 2. The summed E-state index contributed by atoms with van der Waals surface area (Å²) in [5.74, 6) is 7.78. The first kappa shape index (κ1) is 10.8. The molecule has 0 atom stereocenters. The minimum atomic E-state index is 0.515. The third kappa shape index (κ3) is 2.36. The van der Waals surface area contributed by atoms with E-state index in [2.05, 4.69) is 24.5 Å². The molecule has 0 N–H and O–H groups in total. The molecule has 1 rings (SSSR count). The van der Waals surface area contributed by atoms with Crippen molar-refractivity contribution in [1.82, 2.24) is 0 Å². The summed E-state index contributed by atoms with van der Waals surface area (Å²) in [5.41, 5.74) is 0.770. The highest BCUT2D eigenvalue weighted by molar-refractivity contribution is 7.80. The van der Waals surface area contributed by atoms with E-state index in [1.54, 1.807) is 14.2 Å². The zero-order valence-electron chi connectivity index (χ0n) is 8.20. The lowest BCUT2D eigenvalue weighted by molar-refractivity contribution is 0.392. The van der Waals surface area contributed by atoms with Gasteiger partial charge in [0, 0.05) is 0 Å². The van der Waals surface area contributed by atoms with Crippen LogP contribution in [0.25, 0.3) is 0 Å². The molecule has 1 aromatic rings. The predicted octanol–water partition coefficient (Wildman–Crippen LogP) is 1.99. The Balaban J connectivity index is 3.19. The lowest BCUT2D eigenvalue weighted by Gasteiger charge is -2.07. The average molecular weight is 208 g/mol. The van der Waals surface area contributed by atoms with Gasteiger partial charge in [-0.3, -0.25) is 0 Å². The summed E-state index contributed by atoms with van der Waals surface area (Å²) in [6.07, 6.45) is 0. The van der Waals surface area contributed by atoms with Gasteiger partial charge in [0.1, 0.15) is 17.1 Å². The average Bonchev–Trinajstić information content (AvgIpc) is 2.25. The monoisotopic (exact) mass is 208 g/mol. The summed E-state index contributed by atoms with van der Waals surface area (Å²) in [7, 11) is 3.22. The lowest BCUT2D eigenvalue weighted by Crippen LogP contribution is -1.92. The predicted molar refractivity (Wildman–Crippen MR) is 60.3 cm³/mol. The van der Waals surface area contributed by atoms with E-state index in [4.69, 9.17) is 9.47 Å². The van der Waals surface area contributed by atoms with Crippen molar-refractivity contribution in [2.24, 2.45) is 0 Å². The maximum Gasteiger partial charge on any atom is 0.138 e. The molecule has 0 aromatic heterocycles. The highest BCUT2D eigenvalue weighted by atomic mass is 32.1. The van der Waals surface area contributed by atoms with E-state index in [9.17, 15) is 0 Å². The van der Waals surface area contributed by atoms with E-state index < -0.39 is 0 Å². The second-order valence-electron chi connectivity index (χ2n) is 2.50. The summed E-state index contributed by atoms with van der Waals surface area (Å²) in [6, 6.07) is 5.57. The van der Waals surface area contributed by atoms with E-state index in [0.29, 0.717) is 5.75 Å². The highest BCUT2D eigenvalue weighted by Gasteiger charge is 2.05. The molecule has 0 radical (unpaired) electrons. The van der Waals surface area contributed by atoms with Crippen LogP contribution in [0.1, 0.15) is 5.56 Å². The van der Waals surface area contributed by atoms with Crippen LogP contribution in [0.4, 0.5) is 0 Å². The number of ether oxygens (including phenoxy) is 2. The molecule has 1 aromatic carbocycles. The Morgan fingerprint density at radius 3 is 2.21 bits per heavy atom. The van der Waals surface area contributed by atoms with Crippen molar-refractivity contribution >= 4 is 12.6 Å². The summed E-state index contributed by atoms with van der Waals surface area (Å²) < 4.78 is 10.4. The topological polar surface area (TPSA) is 18.5 Å². The Bertz CT molecular complexity index is 341. The smallest absolute Gasteiger partial charge is 0.138 e. The van der Waals surface area contributed by atoms with Gasteiger partial charge in [0.25, 0.3) is 0 Å². The Kier molecular flexibility index (Phi) is 4.21. The zero-order chi connectivity index (χ0) is 10.4. The molecule has 0 saturated carbocycles. The first-order chi connectivity index (χ1) is 6.83. The van der Waals surface area contributed by atoms with Crippen LogP contribution in [-0.2, 0) is 0 Å². The fraction of sp³-hybridized carbons (Fsp3) is 0.273. The molecule has 3 heteroatoms. The van der Waals surface area contributed by atoms with Crippen LogP contribution < -0.4 is 9.47 Å². The van der Waals surface area contributed by atoms with E-state index in [1.807, 2.05) is 18.2 Å². The van der Waals surface area contributed by atoms with Gasteiger partial charge in [-0.15, -0.1) is 0 Å². The SMILES string of the molecule is COc1cccc(OC)c1C#CCS. The molecule has 0 heterocycles. The zero-order valence-corrected chi connectivity index (χ0v) is 9.10. The number of benzene rings is 1. The molecule has 0 spiro atoms. The molecule has 0 unspecified atom stereocenters. The summed E-state index contributed by atoms with van der Waals surface area (Å²) >= 11 is 4.02. The quantitative estimate of drug-likeness (QED) is 0.592. The fourth-order valence-electron chi connectivity index (χ4n) is 1.10. The van der Waals surface area contributed by atoms with Crippen LogP contribution in [0.2, 0.25) is 0 Å². The first-order valence-corrected chi connectivity index (χ1v) is 4.77. The van der Waals surface area contributed by atoms with Crippen molar-refractivity contribution in [2.75, 3.05) is 20.0 Å². The second-order valence-corrected chi connectivity index (χ2v) is 2.81. The molecule has 0 bridgehead atoms. The van der Waals surface area contributed by atoms with Gasteiger partial charge < -0.3 is 9.47 Å². The van der Waals surface area contributed by atoms with Crippen LogP contribution in [0, 0.1) is 11.8 Å². The van der Waals surface area contributed by atoms with Crippen LogP contribution in [0.15, 0.2) is 18.2 Å². The molecule has 0 aliphatic heterocycles. The summed E-state index contributed by atoms with van der Waals surface area (Å²) in [6.45, 7) is 0. The molecular formula is C11H12O2S.